The van der Waals surface area contributed by atoms with Gasteiger partial charge in [0.05, 0.1) is 17.7 Å². The summed E-state index contributed by atoms with van der Waals surface area (Å²) >= 11 is 0. The average Bonchev–Trinajstić information content (AvgIpc) is 3.09. The third-order valence-electron chi connectivity index (χ3n) is 5.48. The summed E-state index contributed by atoms with van der Waals surface area (Å²) in [5.41, 5.74) is 3.39. The van der Waals surface area contributed by atoms with Gasteiger partial charge in [-0.05, 0) is 41.8 Å². The number of nitriles is 1. The van der Waals surface area contributed by atoms with Gasteiger partial charge in [0.1, 0.15) is 6.04 Å². The summed E-state index contributed by atoms with van der Waals surface area (Å²) < 4.78 is 0. The second kappa shape index (κ2) is 8.22. The zero-order valence-corrected chi connectivity index (χ0v) is 16.6. The smallest absolute Gasteiger partial charge is 0.255 e. The molecule has 0 aromatic heterocycles. The van der Waals surface area contributed by atoms with Gasteiger partial charge in [0.15, 0.2) is 0 Å². The van der Waals surface area contributed by atoms with Gasteiger partial charge < -0.3 is 10.2 Å². The maximum absolute atomic E-state index is 13.3. The first-order chi connectivity index (χ1) is 14.6. The van der Waals surface area contributed by atoms with Crippen molar-refractivity contribution in [2.45, 2.75) is 25.6 Å². The summed E-state index contributed by atoms with van der Waals surface area (Å²) in [6.45, 7) is 2.28. The minimum Gasteiger partial charge on any atom is -0.350 e. The Labute approximate surface area is 175 Å². The third-order valence-corrected chi connectivity index (χ3v) is 5.48. The standard InChI is InChI=1S/C25H21N3O2/c1-17(20-10-6-3-7-11-20)28-23(24(29)27-16-18-8-4-2-5-9-18)22-14-19(15-26)12-13-21(22)25(28)30/h2-14,17,23H,16H2,1H3,(H,27,29)/t17-,23+/m1/s1. The van der Waals surface area contributed by atoms with E-state index < -0.39 is 6.04 Å². The van der Waals surface area contributed by atoms with Crippen molar-refractivity contribution in [1.82, 2.24) is 10.2 Å². The molecule has 2 amide bonds. The minimum atomic E-state index is -0.792. The number of carbonyl (C=O) groups is 2. The normalized spacial score (nSPS) is 15.9. The van der Waals surface area contributed by atoms with E-state index in [4.69, 9.17) is 0 Å². The lowest BCUT2D eigenvalue weighted by molar-refractivity contribution is -0.126. The summed E-state index contributed by atoms with van der Waals surface area (Å²) in [7, 11) is 0. The highest BCUT2D eigenvalue weighted by Gasteiger charge is 2.43. The molecule has 148 valence electrons. The highest BCUT2D eigenvalue weighted by molar-refractivity contribution is 6.05. The molecule has 1 N–H and O–H groups in total. The van der Waals surface area contributed by atoms with Crippen LogP contribution in [0.15, 0.2) is 78.9 Å². The van der Waals surface area contributed by atoms with Crippen molar-refractivity contribution >= 4 is 11.8 Å². The van der Waals surface area contributed by atoms with E-state index in [1.807, 2.05) is 67.6 Å². The van der Waals surface area contributed by atoms with Crippen LogP contribution < -0.4 is 5.32 Å². The molecule has 1 heterocycles. The van der Waals surface area contributed by atoms with Crippen LogP contribution in [-0.2, 0) is 11.3 Å². The van der Waals surface area contributed by atoms with Crippen molar-refractivity contribution in [2.75, 3.05) is 0 Å². The number of nitrogens with zero attached hydrogens (tertiary/aromatic N) is 2. The molecule has 0 bridgehead atoms. The first kappa shape index (κ1) is 19.4. The number of hydrogen-bond acceptors (Lipinski definition) is 3. The van der Waals surface area contributed by atoms with Gasteiger partial charge >= 0.3 is 0 Å². The number of rotatable bonds is 5. The number of nitrogens with one attached hydrogen (secondary N) is 1. The molecule has 1 aliphatic heterocycles. The predicted octanol–water partition coefficient (Wildman–Crippen LogP) is 4.13. The Morgan fingerprint density at radius 2 is 1.73 bits per heavy atom. The first-order valence-corrected chi connectivity index (χ1v) is 9.83. The Hall–Kier alpha value is -3.91. The Bertz CT molecular complexity index is 1120. The molecule has 0 aliphatic carbocycles. The summed E-state index contributed by atoms with van der Waals surface area (Å²) in [6.07, 6.45) is 0. The fourth-order valence-electron chi connectivity index (χ4n) is 3.90. The van der Waals surface area contributed by atoms with E-state index in [2.05, 4.69) is 11.4 Å². The van der Waals surface area contributed by atoms with Crippen LogP contribution in [0.5, 0.6) is 0 Å². The maximum Gasteiger partial charge on any atom is 0.255 e. The zero-order valence-electron chi connectivity index (χ0n) is 16.6. The van der Waals surface area contributed by atoms with Gasteiger partial charge in [-0.25, -0.2) is 0 Å². The minimum absolute atomic E-state index is 0.203. The van der Waals surface area contributed by atoms with Crippen molar-refractivity contribution in [3.8, 4) is 6.07 Å². The van der Waals surface area contributed by atoms with E-state index in [0.717, 1.165) is 11.1 Å². The number of fused-ring (bicyclic) bond motifs is 1. The second-order valence-corrected chi connectivity index (χ2v) is 7.32. The summed E-state index contributed by atoms with van der Waals surface area (Å²) in [5, 5.41) is 12.3. The number of benzene rings is 3. The Morgan fingerprint density at radius 1 is 1.07 bits per heavy atom. The van der Waals surface area contributed by atoms with Crippen molar-refractivity contribution in [1.29, 1.82) is 5.26 Å². The van der Waals surface area contributed by atoms with Crippen LogP contribution in [0, 0.1) is 11.3 Å². The molecule has 4 rings (SSSR count). The summed E-state index contributed by atoms with van der Waals surface area (Å²) in [4.78, 5) is 28.2. The van der Waals surface area contributed by atoms with Crippen molar-refractivity contribution in [2.24, 2.45) is 0 Å². The molecule has 0 saturated carbocycles. The third kappa shape index (κ3) is 3.56. The molecule has 5 nitrogen and oxygen atoms in total. The van der Waals surface area contributed by atoms with E-state index in [0.29, 0.717) is 23.2 Å². The molecule has 0 saturated heterocycles. The van der Waals surface area contributed by atoms with E-state index in [1.54, 1.807) is 23.1 Å². The van der Waals surface area contributed by atoms with Gasteiger partial charge in [-0.3, -0.25) is 9.59 Å². The van der Waals surface area contributed by atoms with E-state index in [1.165, 1.54) is 0 Å². The molecule has 0 fully saturated rings. The van der Waals surface area contributed by atoms with Crippen molar-refractivity contribution in [3.63, 3.8) is 0 Å². The topological polar surface area (TPSA) is 73.2 Å². The number of amides is 2. The highest BCUT2D eigenvalue weighted by Crippen LogP contribution is 2.40. The second-order valence-electron chi connectivity index (χ2n) is 7.32. The molecule has 1 aliphatic rings. The highest BCUT2D eigenvalue weighted by atomic mass is 16.2. The molecule has 30 heavy (non-hydrogen) atoms. The Morgan fingerprint density at radius 3 is 2.40 bits per heavy atom. The molecule has 5 heteroatoms. The Kier molecular flexibility index (Phi) is 5.32. The quantitative estimate of drug-likeness (QED) is 0.706. The van der Waals surface area contributed by atoms with E-state index >= 15 is 0 Å². The van der Waals surface area contributed by atoms with Crippen LogP contribution in [-0.4, -0.2) is 16.7 Å². The lowest BCUT2D eigenvalue weighted by Gasteiger charge is -2.31. The van der Waals surface area contributed by atoms with Gasteiger partial charge in [0, 0.05) is 12.1 Å². The molecule has 0 unspecified atom stereocenters. The monoisotopic (exact) mass is 395 g/mol. The largest absolute Gasteiger partial charge is 0.350 e. The molecular weight excluding hydrogens is 374 g/mol. The molecule has 3 aromatic carbocycles. The number of hydrogen-bond donors (Lipinski definition) is 1. The van der Waals surface area contributed by atoms with Crippen LogP contribution in [0.3, 0.4) is 0 Å². The van der Waals surface area contributed by atoms with Crippen molar-refractivity contribution in [3.05, 3.63) is 107 Å². The van der Waals surface area contributed by atoms with Crippen LogP contribution >= 0.6 is 0 Å². The van der Waals surface area contributed by atoms with Crippen LogP contribution in [0.1, 0.15) is 51.6 Å². The van der Waals surface area contributed by atoms with E-state index in [-0.39, 0.29) is 17.9 Å². The van der Waals surface area contributed by atoms with Gasteiger partial charge in [-0.1, -0.05) is 60.7 Å². The van der Waals surface area contributed by atoms with Gasteiger partial charge in [0.2, 0.25) is 5.91 Å². The molecule has 3 aromatic rings. The van der Waals surface area contributed by atoms with Crippen LogP contribution in [0.4, 0.5) is 0 Å². The average molecular weight is 395 g/mol. The van der Waals surface area contributed by atoms with Crippen LogP contribution in [0.25, 0.3) is 0 Å². The molecule has 0 radical (unpaired) electrons. The van der Waals surface area contributed by atoms with Gasteiger partial charge in [0.25, 0.3) is 5.91 Å². The molecule has 0 spiro atoms. The van der Waals surface area contributed by atoms with Crippen LogP contribution in [0.2, 0.25) is 0 Å². The summed E-state index contributed by atoms with van der Waals surface area (Å²) in [6, 6.07) is 25.2. The SMILES string of the molecule is C[C@H](c1ccccc1)N1C(=O)c2ccc(C#N)cc2[C@H]1C(=O)NCc1ccccc1. The lowest BCUT2D eigenvalue weighted by atomic mass is 10.00. The fourth-order valence-corrected chi connectivity index (χ4v) is 3.90. The molecule has 2 atom stereocenters. The van der Waals surface area contributed by atoms with Crippen molar-refractivity contribution < 1.29 is 9.59 Å². The number of carbonyl (C=O) groups excluding carboxylic acids is 2. The fraction of sp³-hybridized carbons (Fsp3) is 0.160. The van der Waals surface area contributed by atoms with E-state index in [9.17, 15) is 14.9 Å². The zero-order chi connectivity index (χ0) is 21.1. The first-order valence-electron chi connectivity index (χ1n) is 9.83. The van der Waals surface area contributed by atoms with Gasteiger partial charge in [-0.2, -0.15) is 5.26 Å². The molecular formula is C25H21N3O2. The van der Waals surface area contributed by atoms with Gasteiger partial charge in [-0.15, -0.1) is 0 Å². The summed E-state index contributed by atoms with van der Waals surface area (Å²) in [5.74, 6) is -0.463. The lowest BCUT2D eigenvalue weighted by Crippen LogP contribution is -2.40. The maximum atomic E-state index is 13.3. The Balaban J connectivity index is 1.70. The predicted molar refractivity (Wildman–Crippen MR) is 113 cm³/mol.